The van der Waals surface area contributed by atoms with E-state index in [0.29, 0.717) is 11.5 Å². The highest BCUT2D eigenvalue weighted by Crippen LogP contribution is 2.20. The monoisotopic (exact) mass is 275 g/mol. The number of nitrogens with one attached hydrogen (secondary N) is 1. The summed E-state index contributed by atoms with van der Waals surface area (Å²) in [6, 6.07) is 10.4. The lowest BCUT2D eigenvalue weighted by molar-refractivity contribution is 0.102. The first-order chi connectivity index (χ1) is 9.49. The Morgan fingerprint density at radius 1 is 1.00 bits per heavy atom. The molecule has 0 heterocycles. The zero-order valence-electron chi connectivity index (χ0n) is 11.3. The van der Waals surface area contributed by atoms with Crippen LogP contribution >= 0.6 is 0 Å². The topological polar surface area (TPSA) is 29.1 Å². The molecule has 0 saturated carbocycles. The van der Waals surface area contributed by atoms with Gasteiger partial charge in [0, 0.05) is 5.56 Å². The van der Waals surface area contributed by atoms with Crippen molar-refractivity contribution in [2.75, 3.05) is 5.32 Å². The fourth-order valence-corrected chi connectivity index (χ4v) is 1.82. The molecule has 0 aromatic heterocycles. The van der Waals surface area contributed by atoms with Crippen molar-refractivity contribution in [1.82, 2.24) is 0 Å². The van der Waals surface area contributed by atoms with Crippen molar-refractivity contribution in [3.05, 3.63) is 65.2 Å². The third-order valence-electron chi connectivity index (χ3n) is 3.04. The molecule has 0 aliphatic heterocycles. The molecule has 0 atom stereocenters. The van der Waals surface area contributed by atoms with Gasteiger partial charge in [-0.1, -0.05) is 32.0 Å². The summed E-state index contributed by atoms with van der Waals surface area (Å²) in [7, 11) is 0. The van der Waals surface area contributed by atoms with Gasteiger partial charge in [0.05, 0.1) is 0 Å². The Bertz CT molecular complexity index is 601. The molecule has 2 nitrogen and oxygen atoms in total. The summed E-state index contributed by atoms with van der Waals surface area (Å²) >= 11 is 0. The average molecular weight is 275 g/mol. The van der Waals surface area contributed by atoms with E-state index >= 15 is 0 Å². The van der Waals surface area contributed by atoms with Gasteiger partial charge < -0.3 is 5.32 Å². The number of benzene rings is 2. The number of hydrogen-bond donors (Lipinski definition) is 1. The van der Waals surface area contributed by atoms with Crippen LogP contribution in [0, 0.1) is 11.6 Å². The van der Waals surface area contributed by atoms with Crippen LogP contribution in [0.25, 0.3) is 0 Å². The number of amides is 1. The summed E-state index contributed by atoms with van der Waals surface area (Å²) in [5.41, 5.74) is 1.03. The second-order valence-electron chi connectivity index (χ2n) is 4.83. The molecule has 1 N–H and O–H groups in total. The Labute approximate surface area is 116 Å². The molecule has 2 rings (SSSR count). The van der Waals surface area contributed by atoms with Crippen LogP contribution in [-0.4, -0.2) is 5.91 Å². The van der Waals surface area contributed by atoms with Crippen LogP contribution in [0.1, 0.15) is 35.7 Å². The Kier molecular flexibility index (Phi) is 4.13. The van der Waals surface area contributed by atoms with E-state index in [-0.39, 0.29) is 0 Å². The molecule has 0 saturated heterocycles. The van der Waals surface area contributed by atoms with E-state index in [1.54, 1.807) is 12.1 Å². The molecule has 20 heavy (non-hydrogen) atoms. The molecule has 0 aliphatic rings. The number of hydrogen-bond acceptors (Lipinski definition) is 1. The van der Waals surface area contributed by atoms with Crippen LogP contribution in [0.3, 0.4) is 0 Å². The van der Waals surface area contributed by atoms with E-state index in [0.717, 1.165) is 17.7 Å². The number of anilines is 1. The minimum Gasteiger partial charge on any atom is -0.317 e. The molecular weight excluding hydrogens is 260 g/mol. The van der Waals surface area contributed by atoms with Crippen LogP contribution < -0.4 is 5.32 Å². The Balaban J connectivity index is 2.20. The van der Waals surface area contributed by atoms with E-state index < -0.39 is 23.2 Å². The average Bonchev–Trinajstić information content (AvgIpc) is 2.43. The number of carbonyl (C=O) groups is 1. The van der Waals surface area contributed by atoms with E-state index in [1.807, 2.05) is 26.0 Å². The maximum atomic E-state index is 13.4. The Morgan fingerprint density at radius 3 is 2.05 bits per heavy atom. The molecule has 104 valence electrons. The number of rotatable bonds is 3. The standard InChI is InChI=1S/C16H15F2NO/c1-10(2)11-6-8-12(9-7-11)16(20)19-15-13(17)4-3-5-14(15)18/h3-10H,1-2H3,(H,19,20). The number of para-hydroxylation sites is 1. The lowest BCUT2D eigenvalue weighted by Gasteiger charge is -2.09. The minimum atomic E-state index is -0.794. The fourth-order valence-electron chi connectivity index (χ4n) is 1.82. The van der Waals surface area contributed by atoms with Crippen molar-refractivity contribution in [1.29, 1.82) is 0 Å². The Morgan fingerprint density at radius 2 is 1.55 bits per heavy atom. The van der Waals surface area contributed by atoms with Gasteiger partial charge in [0.15, 0.2) is 0 Å². The molecule has 0 bridgehead atoms. The molecule has 2 aromatic rings. The smallest absolute Gasteiger partial charge is 0.255 e. The third kappa shape index (κ3) is 3.02. The van der Waals surface area contributed by atoms with Crippen LogP contribution in [0.5, 0.6) is 0 Å². The van der Waals surface area contributed by atoms with Gasteiger partial charge in [-0.3, -0.25) is 4.79 Å². The SMILES string of the molecule is CC(C)c1ccc(C(=O)Nc2c(F)cccc2F)cc1. The van der Waals surface area contributed by atoms with Gasteiger partial charge in [0.2, 0.25) is 0 Å². The quantitative estimate of drug-likeness (QED) is 0.887. The predicted molar refractivity (Wildman–Crippen MR) is 74.8 cm³/mol. The van der Waals surface area contributed by atoms with E-state index in [4.69, 9.17) is 0 Å². The van der Waals surface area contributed by atoms with E-state index in [2.05, 4.69) is 5.32 Å². The molecule has 4 heteroatoms. The number of carbonyl (C=O) groups excluding carboxylic acids is 1. The molecule has 0 radical (unpaired) electrons. The first-order valence-electron chi connectivity index (χ1n) is 6.34. The van der Waals surface area contributed by atoms with Gasteiger partial charge in [0.25, 0.3) is 5.91 Å². The third-order valence-corrected chi connectivity index (χ3v) is 3.04. The first-order valence-corrected chi connectivity index (χ1v) is 6.34. The van der Waals surface area contributed by atoms with Crippen molar-refractivity contribution in [2.24, 2.45) is 0 Å². The molecule has 0 spiro atoms. The van der Waals surface area contributed by atoms with E-state index in [9.17, 15) is 13.6 Å². The van der Waals surface area contributed by atoms with Gasteiger partial charge in [-0.2, -0.15) is 0 Å². The number of halogens is 2. The summed E-state index contributed by atoms with van der Waals surface area (Å²) in [5, 5.41) is 2.25. The maximum absolute atomic E-state index is 13.4. The summed E-state index contributed by atoms with van der Waals surface area (Å²) in [6.07, 6.45) is 0. The fraction of sp³-hybridized carbons (Fsp3) is 0.188. The lowest BCUT2D eigenvalue weighted by Crippen LogP contribution is -2.14. The van der Waals surface area contributed by atoms with Gasteiger partial charge in [0.1, 0.15) is 17.3 Å². The maximum Gasteiger partial charge on any atom is 0.255 e. The summed E-state index contributed by atoms with van der Waals surface area (Å²) in [4.78, 5) is 12.0. The highest BCUT2D eigenvalue weighted by atomic mass is 19.1. The summed E-state index contributed by atoms with van der Waals surface area (Å²) in [5.74, 6) is -1.77. The zero-order valence-corrected chi connectivity index (χ0v) is 11.3. The molecule has 1 amide bonds. The molecule has 0 aliphatic carbocycles. The molecule has 0 fully saturated rings. The Hall–Kier alpha value is -2.23. The van der Waals surface area contributed by atoms with Crippen molar-refractivity contribution in [3.8, 4) is 0 Å². The van der Waals surface area contributed by atoms with Gasteiger partial charge >= 0.3 is 0 Å². The molecule has 2 aromatic carbocycles. The minimum absolute atomic E-state index is 0.358. The zero-order chi connectivity index (χ0) is 14.7. The molecular formula is C16H15F2NO. The van der Waals surface area contributed by atoms with Crippen molar-refractivity contribution >= 4 is 11.6 Å². The van der Waals surface area contributed by atoms with Crippen LogP contribution in [0.15, 0.2) is 42.5 Å². The summed E-state index contributed by atoms with van der Waals surface area (Å²) < 4.78 is 26.9. The second-order valence-corrected chi connectivity index (χ2v) is 4.83. The van der Waals surface area contributed by atoms with Crippen LogP contribution in [0.4, 0.5) is 14.5 Å². The van der Waals surface area contributed by atoms with Crippen molar-refractivity contribution in [2.45, 2.75) is 19.8 Å². The highest BCUT2D eigenvalue weighted by Gasteiger charge is 2.13. The first kappa shape index (κ1) is 14.2. The normalized spacial score (nSPS) is 10.7. The van der Waals surface area contributed by atoms with Crippen LogP contribution in [-0.2, 0) is 0 Å². The van der Waals surface area contributed by atoms with Gasteiger partial charge in [-0.25, -0.2) is 8.78 Å². The van der Waals surface area contributed by atoms with Gasteiger partial charge in [-0.15, -0.1) is 0 Å². The van der Waals surface area contributed by atoms with Crippen molar-refractivity contribution < 1.29 is 13.6 Å². The summed E-state index contributed by atoms with van der Waals surface area (Å²) in [6.45, 7) is 4.09. The van der Waals surface area contributed by atoms with E-state index in [1.165, 1.54) is 6.07 Å². The predicted octanol–water partition coefficient (Wildman–Crippen LogP) is 4.34. The molecule has 0 unspecified atom stereocenters. The second kappa shape index (κ2) is 5.82. The lowest BCUT2D eigenvalue weighted by atomic mass is 10.0. The van der Waals surface area contributed by atoms with Gasteiger partial charge in [-0.05, 0) is 35.7 Å². The largest absolute Gasteiger partial charge is 0.317 e. The van der Waals surface area contributed by atoms with Crippen LogP contribution in [0.2, 0.25) is 0 Å². The van der Waals surface area contributed by atoms with Crippen molar-refractivity contribution in [3.63, 3.8) is 0 Å². The highest BCUT2D eigenvalue weighted by molar-refractivity contribution is 6.04.